The van der Waals surface area contributed by atoms with E-state index in [-0.39, 0.29) is 5.91 Å². The van der Waals surface area contributed by atoms with Crippen LogP contribution >= 0.6 is 11.6 Å². The molecule has 0 saturated heterocycles. The summed E-state index contributed by atoms with van der Waals surface area (Å²) in [6.45, 7) is 10.8. The summed E-state index contributed by atoms with van der Waals surface area (Å²) in [6.07, 6.45) is 0. The molecule has 0 saturated carbocycles. The molecule has 23 heavy (non-hydrogen) atoms. The lowest BCUT2D eigenvalue weighted by molar-refractivity contribution is -0.149. The van der Waals surface area contributed by atoms with Gasteiger partial charge in [0.2, 0.25) is 0 Å². The van der Waals surface area contributed by atoms with Gasteiger partial charge in [0.25, 0.3) is 5.91 Å². The summed E-state index contributed by atoms with van der Waals surface area (Å²) in [6, 6.07) is 5.43. The summed E-state index contributed by atoms with van der Waals surface area (Å²) in [5.41, 5.74) is 0.429. The lowest BCUT2D eigenvalue weighted by Crippen LogP contribution is -2.40. The van der Waals surface area contributed by atoms with E-state index >= 15 is 0 Å². The van der Waals surface area contributed by atoms with Gasteiger partial charge in [0, 0.05) is 10.6 Å². The molecule has 1 aromatic rings. The Morgan fingerprint density at radius 1 is 1.26 bits per heavy atom. The molecule has 1 aliphatic rings. The molecular weight excluding hydrogens is 314 g/mol. The maximum absolute atomic E-state index is 12.5. The van der Waals surface area contributed by atoms with Crippen LogP contribution in [0.4, 0.5) is 0 Å². The molecule has 0 spiro atoms. The minimum atomic E-state index is -0.776. The molecule has 1 amide bonds. The Morgan fingerprint density at radius 3 is 2.39 bits per heavy atom. The van der Waals surface area contributed by atoms with Crippen LogP contribution in [0.2, 0.25) is 5.02 Å². The first-order valence-corrected chi connectivity index (χ1v) is 7.87. The number of nitrogens with one attached hydrogen (secondary N) is 1. The van der Waals surface area contributed by atoms with E-state index in [1.807, 2.05) is 13.0 Å². The van der Waals surface area contributed by atoms with Crippen molar-refractivity contribution in [1.29, 1.82) is 0 Å². The molecular formula is C18H22ClNO3. The quantitative estimate of drug-likeness (QED) is 0.835. The van der Waals surface area contributed by atoms with Crippen LogP contribution in [0.3, 0.4) is 0 Å². The summed E-state index contributed by atoms with van der Waals surface area (Å²) < 4.78 is 5.61. The number of amides is 1. The Hall–Kier alpha value is -1.81. The van der Waals surface area contributed by atoms with Gasteiger partial charge in [-0.2, -0.15) is 0 Å². The van der Waals surface area contributed by atoms with Crippen LogP contribution in [-0.4, -0.2) is 17.4 Å². The summed E-state index contributed by atoms with van der Waals surface area (Å²) in [5.74, 6) is -0.372. The molecule has 0 unspecified atom stereocenters. The van der Waals surface area contributed by atoms with Crippen molar-refractivity contribution in [3.8, 4) is 0 Å². The zero-order valence-electron chi connectivity index (χ0n) is 14.3. The van der Waals surface area contributed by atoms with Crippen LogP contribution in [0, 0.1) is 12.3 Å². The molecule has 1 aliphatic heterocycles. The fourth-order valence-corrected chi connectivity index (χ4v) is 2.64. The topological polar surface area (TPSA) is 55.4 Å². The maximum atomic E-state index is 12.5. The second-order valence-electron chi connectivity index (χ2n) is 7.41. The van der Waals surface area contributed by atoms with Crippen molar-refractivity contribution in [1.82, 2.24) is 5.32 Å². The van der Waals surface area contributed by atoms with Crippen molar-refractivity contribution < 1.29 is 14.3 Å². The van der Waals surface area contributed by atoms with Gasteiger partial charge >= 0.3 is 5.97 Å². The summed E-state index contributed by atoms with van der Waals surface area (Å²) in [4.78, 5) is 24.8. The predicted molar refractivity (Wildman–Crippen MR) is 90.9 cm³/mol. The number of aryl methyl sites for hydroxylation is 1. The Bertz CT molecular complexity index is 711. The van der Waals surface area contributed by atoms with Gasteiger partial charge in [0.05, 0.1) is 16.5 Å². The third-order valence-electron chi connectivity index (χ3n) is 3.65. The summed E-state index contributed by atoms with van der Waals surface area (Å²) in [5, 5.41) is 3.30. The van der Waals surface area contributed by atoms with Crippen molar-refractivity contribution in [2.45, 2.75) is 47.1 Å². The maximum Gasteiger partial charge on any atom is 0.316 e. The fraction of sp³-hybridized carbons (Fsp3) is 0.444. The Balaban J connectivity index is 2.60. The van der Waals surface area contributed by atoms with Gasteiger partial charge in [-0.15, -0.1) is 0 Å². The van der Waals surface area contributed by atoms with E-state index in [2.05, 4.69) is 5.32 Å². The molecule has 0 aromatic heterocycles. The smallest absolute Gasteiger partial charge is 0.316 e. The first-order valence-electron chi connectivity index (χ1n) is 7.49. The predicted octanol–water partition coefficient (Wildman–Crippen LogP) is 3.86. The molecule has 1 aromatic carbocycles. The molecule has 1 heterocycles. The third-order valence-corrected chi connectivity index (χ3v) is 3.96. The van der Waals surface area contributed by atoms with Crippen molar-refractivity contribution in [3.63, 3.8) is 0 Å². The van der Waals surface area contributed by atoms with Crippen LogP contribution in [0.15, 0.2) is 24.0 Å². The molecule has 0 fully saturated rings. The minimum absolute atomic E-state index is 0.294. The first-order chi connectivity index (χ1) is 10.4. The molecule has 4 nitrogen and oxygen atoms in total. The zero-order valence-corrected chi connectivity index (χ0v) is 15.1. The molecule has 0 aliphatic carbocycles. The first kappa shape index (κ1) is 17.5. The molecule has 0 bridgehead atoms. The second kappa shape index (κ2) is 5.68. The van der Waals surface area contributed by atoms with E-state index in [4.69, 9.17) is 16.3 Å². The van der Waals surface area contributed by atoms with Crippen LogP contribution < -0.4 is 5.32 Å². The Labute approximate surface area is 141 Å². The van der Waals surface area contributed by atoms with Gasteiger partial charge in [0.1, 0.15) is 5.76 Å². The number of halogens is 1. The number of hydrogen-bond acceptors (Lipinski definition) is 3. The lowest BCUT2D eigenvalue weighted by atomic mass is 9.95. The van der Waals surface area contributed by atoms with E-state index in [0.717, 1.165) is 5.56 Å². The van der Waals surface area contributed by atoms with Crippen LogP contribution in [0.5, 0.6) is 0 Å². The number of esters is 1. The Kier molecular flexibility index (Phi) is 4.33. The van der Waals surface area contributed by atoms with Gasteiger partial charge in [0.15, 0.2) is 0 Å². The van der Waals surface area contributed by atoms with Gasteiger partial charge in [-0.3, -0.25) is 9.59 Å². The van der Waals surface area contributed by atoms with Crippen LogP contribution in [0.1, 0.15) is 45.7 Å². The highest BCUT2D eigenvalue weighted by atomic mass is 35.5. The van der Waals surface area contributed by atoms with E-state index < -0.39 is 16.9 Å². The zero-order chi connectivity index (χ0) is 17.6. The minimum Gasteiger partial charge on any atom is -0.427 e. The average molecular weight is 336 g/mol. The van der Waals surface area contributed by atoms with Crippen molar-refractivity contribution in [2.75, 3.05) is 0 Å². The standard InChI is InChI=1S/C18H22ClNO3/c1-10-7-8-11(12(19)9-10)13-14(18(5,6)20-15(13)21)23-16(22)17(2,3)4/h7-9H,1-6H3,(H,20,21). The highest BCUT2D eigenvalue weighted by molar-refractivity contribution is 6.35. The fourth-order valence-electron chi connectivity index (χ4n) is 2.31. The summed E-state index contributed by atoms with van der Waals surface area (Å²) >= 11 is 6.31. The number of hydrogen-bond donors (Lipinski definition) is 1. The monoisotopic (exact) mass is 335 g/mol. The highest BCUT2D eigenvalue weighted by Gasteiger charge is 2.43. The van der Waals surface area contributed by atoms with E-state index in [1.54, 1.807) is 46.8 Å². The average Bonchev–Trinajstić information content (AvgIpc) is 2.59. The molecule has 1 N–H and O–H groups in total. The van der Waals surface area contributed by atoms with E-state index in [0.29, 0.717) is 21.9 Å². The van der Waals surface area contributed by atoms with E-state index in [1.165, 1.54) is 0 Å². The van der Waals surface area contributed by atoms with Gasteiger partial charge in [-0.25, -0.2) is 0 Å². The number of rotatable bonds is 2. The summed E-state index contributed by atoms with van der Waals surface area (Å²) in [7, 11) is 0. The lowest BCUT2D eigenvalue weighted by Gasteiger charge is -2.25. The van der Waals surface area contributed by atoms with Crippen molar-refractivity contribution in [3.05, 3.63) is 40.1 Å². The largest absolute Gasteiger partial charge is 0.427 e. The highest BCUT2D eigenvalue weighted by Crippen LogP contribution is 2.38. The number of benzene rings is 1. The van der Waals surface area contributed by atoms with Crippen LogP contribution in [-0.2, 0) is 14.3 Å². The van der Waals surface area contributed by atoms with Gasteiger partial charge in [-0.1, -0.05) is 23.7 Å². The van der Waals surface area contributed by atoms with Gasteiger partial charge in [-0.05, 0) is 53.2 Å². The number of carbonyl (C=O) groups is 2. The normalized spacial score (nSPS) is 17.3. The van der Waals surface area contributed by atoms with Crippen LogP contribution in [0.25, 0.3) is 5.57 Å². The van der Waals surface area contributed by atoms with E-state index in [9.17, 15) is 9.59 Å². The molecule has 5 heteroatoms. The number of carbonyl (C=O) groups excluding carboxylic acids is 2. The second-order valence-corrected chi connectivity index (χ2v) is 7.81. The van der Waals surface area contributed by atoms with Crippen molar-refractivity contribution >= 4 is 29.1 Å². The van der Waals surface area contributed by atoms with Crippen molar-refractivity contribution in [2.24, 2.45) is 5.41 Å². The molecule has 2 rings (SSSR count). The molecule has 0 radical (unpaired) electrons. The molecule has 124 valence electrons. The van der Waals surface area contributed by atoms with Gasteiger partial charge < -0.3 is 10.1 Å². The molecule has 0 atom stereocenters. The Morgan fingerprint density at radius 2 is 1.87 bits per heavy atom. The number of ether oxygens (including phenoxy) is 1. The SMILES string of the molecule is Cc1ccc(C2=C(OC(=O)C(C)(C)C)C(C)(C)NC2=O)c(Cl)c1. The third kappa shape index (κ3) is 3.42.